The normalized spacial score (nSPS) is 15.4. The average molecular weight is 367 g/mol. The lowest BCUT2D eigenvalue weighted by molar-refractivity contribution is 0.312. The van der Waals surface area contributed by atoms with Crippen LogP contribution in [-0.2, 0) is 6.54 Å². The van der Waals surface area contributed by atoms with Gasteiger partial charge in [0.2, 0.25) is 5.95 Å². The number of piperazine rings is 1. The Kier molecular flexibility index (Phi) is 5.01. The summed E-state index contributed by atoms with van der Waals surface area (Å²) in [6.45, 7) is 5.51. The Labute approximate surface area is 158 Å². The minimum atomic E-state index is 0.302. The van der Waals surface area contributed by atoms with Crippen molar-refractivity contribution in [2.45, 2.75) is 13.0 Å². The van der Waals surface area contributed by atoms with Crippen LogP contribution in [-0.4, -0.2) is 69.6 Å². The fourth-order valence-electron chi connectivity index (χ4n) is 3.27. The molecule has 0 bridgehead atoms. The first-order valence-electron chi connectivity index (χ1n) is 9.29. The number of benzene rings is 1. The van der Waals surface area contributed by atoms with Gasteiger partial charge in [-0.3, -0.25) is 0 Å². The molecule has 3 aromatic rings. The summed E-state index contributed by atoms with van der Waals surface area (Å²) in [4.78, 5) is 13.3. The molecule has 0 radical (unpaired) electrons. The number of hydrogen-bond acceptors (Lipinski definition) is 8. The van der Waals surface area contributed by atoms with Gasteiger partial charge >= 0.3 is 0 Å². The molecular weight excluding hydrogens is 342 g/mol. The molecule has 142 valence electrons. The van der Waals surface area contributed by atoms with E-state index >= 15 is 0 Å². The molecule has 4 rings (SSSR count). The van der Waals surface area contributed by atoms with Crippen LogP contribution in [0.15, 0.2) is 30.3 Å². The number of nitrogen functional groups attached to an aromatic ring is 1. The lowest BCUT2D eigenvalue weighted by Gasteiger charge is -2.33. The number of nitrogens with zero attached hydrogens (tertiary/aromatic N) is 7. The van der Waals surface area contributed by atoms with Crippen molar-refractivity contribution >= 4 is 28.6 Å². The number of para-hydroxylation sites is 1. The lowest BCUT2D eigenvalue weighted by atomic mass is 10.3. The van der Waals surface area contributed by atoms with Gasteiger partial charge in [-0.15, -0.1) is 5.10 Å². The second kappa shape index (κ2) is 7.75. The number of likely N-dealkylation sites (N-methyl/N-ethyl adjacent to an activating group) is 1. The maximum Gasteiger partial charge on any atom is 0.223 e. The first-order valence-corrected chi connectivity index (χ1v) is 9.29. The van der Waals surface area contributed by atoms with Crippen molar-refractivity contribution in [3.05, 3.63) is 30.3 Å². The van der Waals surface area contributed by atoms with Crippen LogP contribution in [0.4, 0.5) is 17.6 Å². The number of rotatable bonds is 6. The number of hydrogen-bond donors (Lipinski definition) is 2. The van der Waals surface area contributed by atoms with E-state index in [4.69, 9.17) is 5.73 Å². The fourth-order valence-corrected chi connectivity index (χ4v) is 3.27. The fraction of sp³-hybridized carbons (Fsp3) is 0.444. The average Bonchev–Trinajstić information content (AvgIpc) is 3.09. The molecular formula is C18H25N9. The zero-order valence-electron chi connectivity index (χ0n) is 15.5. The van der Waals surface area contributed by atoms with Crippen LogP contribution in [0.5, 0.6) is 0 Å². The predicted molar refractivity (Wildman–Crippen MR) is 107 cm³/mol. The van der Waals surface area contributed by atoms with Crippen molar-refractivity contribution in [3.63, 3.8) is 0 Å². The largest absolute Gasteiger partial charge is 0.370 e. The van der Waals surface area contributed by atoms with Crippen LogP contribution in [0.3, 0.4) is 0 Å². The topological polar surface area (TPSA) is 101 Å². The van der Waals surface area contributed by atoms with E-state index in [1.165, 1.54) is 0 Å². The minimum absolute atomic E-state index is 0.302. The van der Waals surface area contributed by atoms with Gasteiger partial charge in [0.1, 0.15) is 17.2 Å². The Hall–Kier alpha value is -2.94. The predicted octanol–water partition coefficient (Wildman–Crippen LogP) is 1.06. The van der Waals surface area contributed by atoms with Crippen molar-refractivity contribution in [2.75, 3.05) is 55.7 Å². The number of fused-ring (bicyclic) bond motifs is 1. The summed E-state index contributed by atoms with van der Waals surface area (Å²) in [7, 11) is 2.14. The highest BCUT2D eigenvalue weighted by molar-refractivity contribution is 5.73. The number of anilines is 3. The van der Waals surface area contributed by atoms with E-state index in [0.717, 1.165) is 68.4 Å². The molecule has 0 spiro atoms. The van der Waals surface area contributed by atoms with Gasteiger partial charge in [0.25, 0.3) is 0 Å². The van der Waals surface area contributed by atoms with E-state index in [2.05, 4.69) is 42.4 Å². The highest BCUT2D eigenvalue weighted by Gasteiger charge is 2.16. The molecule has 3 heterocycles. The van der Waals surface area contributed by atoms with Crippen LogP contribution < -0.4 is 16.0 Å². The van der Waals surface area contributed by atoms with Crippen molar-refractivity contribution in [2.24, 2.45) is 0 Å². The Morgan fingerprint density at radius 2 is 1.93 bits per heavy atom. The van der Waals surface area contributed by atoms with Crippen LogP contribution in [0.2, 0.25) is 0 Å². The molecule has 3 N–H and O–H groups in total. The summed E-state index contributed by atoms with van der Waals surface area (Å²) in [5.74, 6) is 1.96. The zero-order valence-corrected chi connectivity index (χ0v) is 15.5. The van der Waals surface area contributed by atoms with Gasteiger partial charge in [-0.2, -0.15) is 9.97 Å². The molecule has 1 saturated heterocycles. The number of aromatic nitrogens is 5. The maximum absolute atomic E-state index is 5.92. The van der Waals surface area contributed by atoms with Gasteiger partial charge in [-0.1, -0.05) is 17.3 Å². The number of aryl methyl sites for hydroxylation is 1. The van der Waals surface area contributed by atoms with Gasteiger partial charge in [0.05, 0.1) is 5.52 Å². The zero-order chi connectivity index (χ0) is 18.6. The summed E-state index contributed by atoms with van der Waals surface area (Å²) >= 11 is 0. The van der Waals surface area contributed by atoms with E-state index < -0.39 is 0 Å². The standard InChI is InChI=1S/C18H25N9/c1-25-9-11-26(12-10-25)17-13-16(21-18(19)22-17)20-7-4-8-27-15-6-3-2-5-14(15)23-24-27/h2-3,5-6,13H,4,7-12H2,1H3,(H3,19,20,21,22). The third-order valence-electron chi connectivity index (χ3n) is 4.83. The van der Waals surface area contributed by atoms with Gasteiger partial charge in [0.15, 0.2) is 0 Å². The number of nitrogens with one attached hydrogen (secondary N) is 1. The Morgan fingerprint density at radius 3 is 2.78 bits per heavy atom. The highest BCUT2D eigenvalue weighted by Crippen LogP contribution is 2.18. The summed E-state index contributed by atoms with van der Waals surface area (Å²) in [6.07, 6.45) is 0.904. The molecule has 1 aliphatic rings. The molecule has 9 nitrogen and oxygen atoms in total. The lowest BCUT2D eigenvalue weighted by Crippen LogP contribution is -2.44. The molecule has 2 aromatic heterocycles. The molecule has 0 aliphatic carbocycles. The van der Waals surface area contributed by atoms with E-state index in [-0.39, 0.29) is 0 Å². The van der Waals surface area contributed by atoms with Crippen molar-refractivity contribution in [3.8, 4) is 0 Å². The Bertz CT molecular complexity index is 899. The van der Waals surface area contributed by atoms with Crippen molar-refractivity contribution < 1.29 is 0 Å². The smallest absolute Gasteiger partial charge is 0.223 e. The Balaban J connectivity index is 1.34. The van der Waals surface area contributed by atoms with E-state index in [1.807, 2.05) is 35.0 Å². The molecule has 1 aliphatic heterocycles. The maximum atomic E-state index is 5.92. The molecule has 0 atom stereocenters. The molecule has 0 saturated carbocycles. The summed E-state index contributed by atoms with van der Waals surface area (Å²) in [6, 6.07) is 9.97. The van der Waals surface area contributed by atoms with Crippen LogP contribution >= 0.6 is 0 Å². The Morgan fingerprint density at radius 1 is 1.11 bits per heavy atom. The second-order valence-electron chi connectivity index (χ2n) is 6.84. The van der Waals surface area contributed by atoms with Gasteiger partial charge in [0, 0.05) is 45.3 Å². The molecule has 0 amide bonds. The molecule has 1 fully saturated rings. The first kappa shape index (κ1) is 17.5. The molecule has 9 heteroatoms. The quantitative estimate of drug-likeness (QED) is 0.624. The highest BCUT2D eigenvalue weighted by atomic mass is 15.4. The van der Waals surface area contributed by atoms with Gasteiger partial charge in [-0.05, 0) is 25.6 Å². The molecule has 1 aromatic carbocycles. The van der Waals surface area contributed by atoms with Crippen LogP contribution in [0, 0.1) is 0 Å². The monoisotopic (exact) mass is 367 g/mol. The van der Waals surface area contributed by atoms with Gasteiger partial charge < -0.3 is 20.9 Å². The summed E-state index contributed by atoms with van der Waals surface area (Å²) < 4.78 is 1.93. The molecule has 0 unspecified atom stereocenters. The number of nitrogens with two attached hydrogens (primary N) is 1. The third-order valence-corrected chi connectivity index (χ3v) is 4.83. The van der Waals surface area contributed by atoms with Crippen molar-refractivity contribution in [1.82, 2.24) is 29.9 Å². The van der Waals surface area contributed by atoms with Gasteiger partial charge in [-0.25, -0.2) is 4.68 Å². The third kappa shape index (κ3) is 4.08. The van der Waals surface area contributed by atoms with E-state index in [9.17, 15) is 0 Å². The van der Waals surface area contributed by atoms with Crippen LogP contribution in [0.1, 0.15) is 6.42 Å². The SMILES string of the molecule is CN1CCN(c2cc(NCCCn3nnc4ccccc43)nc(N)n2)CC1. The molecule has 27 heavy (non-hydrogen) atoms. The summed E-state index contributed by atoms with van der Waals surface area (Å²) in [5.41, 5.74) is 7.89. The summed E-state index contributed by atoms with van der Waals surface area (Å²) in [5, 5.41) is 11.8. The second-order valence-corrected chi connectivity index (χ2v) is 6.84. The minimum Gasteiger partial charge on any atom is -0.370 e. The van der Waals surface area contributed by atoms with E-state index in [0.29, 0.717) is 5.95 Å². The van der Waals surface area contributed by atoms with E-state index in [1.54, 1.807) is 0 Å². The first-order chi connectivity index (χ1) is 13.2. The van der Waals surface area contributed by atoms with Crippen LogP contribution in [0.25, 0.3) is 11.0 Å². The van der Waals surface area contributed by atoms with Crippen molar-refractivity contribution in [1.29, 1.82) is 0 Å².